The second-order valence-corrected chi connectivity index (χ2v) is 5.16. The smallest absolute Gasteiger partial charge is 0.207 e. The molecule has 5 nitrogen and oxygen atoms in total. The minimum Gasteiger partial charge on any atom is -0.381 e. The first kappa shape index (κ1) is 14.1. The highest BCUT2D eigenvalue weighted by atomic mass is 16.1. The van der Waals surface area contributed by atoms with Crippen molar-refractivity contribution in [3.05, 3.63) is 59.4 Å². The summed E-state index contributed by atoms with van der Waals surface area (Å²) in [5.74, 6) is 0. The summed E-state index contributed by atoms with van der Waals surface area (Å²) in [4.78, 5) is 17.9. The van der Waals surface area contributed by atoms with Crippen LogP contribution in [0.3, 0.4) is 0 Å². The molecule has 2 heterocycles. The molecule has 0 unspecified atom stereocenters. The van der Waals surface area contributed by atoms with E-state index in [1.165, 1.54) is 5.56 Å². The first-order chi connectivity index (χ1) is 10.8. The number of nitrogens with one attached hydrogen (secondary N) is 3. The fraction of sp³-hybridized carbons (Fsp3) is 0.176. The van der Waals surface area contributed by atoms with Crippen LogP contribution in [-0.2, 0) is 17.9 Å². The van der Waals surface area contributed by atoms with Crippen molar-refractivity contribution < 1.29 is 4.79 Å². The first-order valence-electron chi connectivity index (χ1n) is 7.20. The fourth-order valence-electron chi connectivity index (χ4n) is 2.57. The Morgan fingerprint density at radius 2 is 2.09 bits per heavy atom. The van der Waals surface area contributed by atoms with E-state index >= 15 is 0 Å². The van der Waals surface area contributed by atoms with Crippen LogP contribution in [0, 0.1) is 6.92 Å². The van der Waals surface area contributed by atoms with Crippen molar-refractivity contribution in [2.45, 2.75) is 20.0 Å². The van der Waals surface area contributed by atoms with E-state index in [0.29, 0.717) is 6.54 Å². The van der Waals surface area contributed by atoms with E-state index in [4.69, 9.17) is 0 Å². The topological polar surface area (TPSA) is 69.8 Å². The number of amides is 1. The van der Waals surface area contributed by atoms with Gasteiger partial charge < -0.3 is 15.6 Å². The monoisotopic (exact) mass is 294 g/mol. The van der Waals surface area contributed by atoms with Gasteiger partial charge in [-0.2, -0.15) is 0 Å². The number of aromatic amines is 1. The third kappa shape index (κ3) is 2.79. The lowest BCUT2D eigenvalue weighted by atomic mass is 10.1. The predicted octanol–water partition coefficient (Wildman–Crippen LogP) is 2.73. The Morgan fingerprint density at radius 1 is 1.18 bits per heavy atom. The molecule has 0 aliphatic rings. The maximum absolute atomic E-state index is 10.4. The van der Waals surface area contributed by atoms with Gasteiger partial charge in [-0.25, -0.2) is 4.98 Å². The lowest BCUT2D eigenvalue weighted by Gasteiger charge is -2.13. The van der Waals surface area contributed by atoms with Crippen molar-refractivity contribution >= 4 is 23.1 Å². The number of benzene rings is 1. The standard InChI is InChI=1S/C17H18N4O/c1-12-13(8-18-11-22)4-2-6-16(12)20-9-14-10-21-17-15(14)5-3-7-19-17/h2-7,10-11,20H,8-9H2,1H3,(H,18,22)(H,19,21). The zero-order valence-corrected chi connectivity index (χ0v) is 12.4. The van der Waals surface area contributed by atoms with Gasteiger partial charge in [0.1, 0.15) is 5.65 Å². The third-order valence-electron chi connectivity index (χ3n) is 3.83. The molecule has 0 bridgehead atoms. The van der Waals surface area contributed by atoms with Crippen LogP contribution in [0.15, 0.2) is 42.7 Å². The van der Waals surface area contributed by atoms with E-state index in [9.17, 15) is 4.79 Å². The summed E-state index contributed by atoms with van der Waals surface area (Å²) in [5.41, 5.74) is 5.41. The average molecular weight is 294 g/mol. The van der Waals surface area contributed by atoms with Crippen LogP contribution in [-0.4, -0.2) is 16.4 Å². The van der Waals surface area contributed by atoms with E-state index in [-0.39, 0.29) is 0 Å². The molecule has 0 aliphatic heterocycles. The van der Waals surface area contributed by atoms with Crippen LogP contribution >= 0.6 is 0 Å². The maximum atomic E-state index is 10.4. The number of anilines is 1. The van der Waals surface area contributed by atoms with Crippen LogP contribution in [0.1, 0.15) is 16.7 Å². The SMILES string of the molecule is Cc1c(CNC=O)cccc1NCc1c[nH]c2ncccc12. The number of hydrogen-bond donors (Lipinski definition) is 3. The number of aromatic nitrogens is 2. The molecule has 0 spiro atoms. The molecule has 5 heteroatoms. The van der Waals surface area contributed by atoms with E-state index < -0.39 is 0 Å². The zero-order valence-electron chi connectivity index (χ0n) is 12.4. The van der Waals surface area contributed by atoms with Crippen molar-refractivity contribution in [2.24, 2.45) is 0 Å². The Bertz CT molecular complexity index is 794. The molecule has 0 saturated carbocycles. The molecule has 0 saturated heterocycles. The number of hydrogen-bond acceptors (Lipinski definition) is 3. The highest BCUT2D eigenvalue weighted by Crippen LogP contribution is 2.21. The number of H-pyrrole nitrogens is 1. The van der Waals surface area contributed by atoms with Gasteiger partial charge in [0.25, 0.3) is 0 Å². The molecule has 3 rings (SSSR count). The molecule has 1 amide bonds. The van der Waals surface area contributed by atoms with Crippen LogP contribution in [0.4, 0.5) is 5.69 Å². The van der Waals surface area contributed by atoms with E-state index in [1.54, 1.807) is 6.20 Å². The molecular weight excluding hydrogens is 276 g/mol. The number of carbonyl (C=O) groups excluding carboxylic acids is 1. The van der Waals surface area contributed by atoms with Gasteiger partial charge >= 0.3 is 0 Å². The van der Waals surface area contributed by atoms with Crippen molar-refractivity contribution in [3.8, 4) is 0 Å². The number of fused-ring (bicyclic) bond motifs is 1. The van der Waals surface area contributed by atoms with Gasteiger partial charge in [-0.05, 0) is 41.8 Å². The molecule has 1 aromatic carbocycles. The molecule has 22 heavy (non-hydrogen) atoms. The molecule has 2 aromatic heterocycles. The van der Waals surface area contributed by atoms with Gasteiger partial charge in [-0.3, -0.25) is 4.79 Å². The minimum absolute atomic E-state index is 0.544. The minimum atomic E-state index is 0.544. The highest BCUT2D eigenvalue weighted by molar-refractivity contribution is 5.79. The molecule has 3 aromatic rings. The van der Waals surface area contributed by atoms with Gasteiger partial charge in [0.15, 0.2) is 0 Å². The normalized spacial score (nSPS) is 10.6. The van der Waals surface area contributed by atoms with Gasteiger partial charge in [0.05, 0.1) is 0 Å². The van der Waals surface area contributed by atoms with Gasteiger partial charge in [0, 0.05) is 36.6 Å². The molecule has 0 radical (unpaired) electrons. The molecule has 0 aliphatic carbocycles. The number of carbonyl (C=O) groups is 1. The first-order valence-corrected chi connectivity index (χ1v) is 7.20. The molecule has 3 N–H and O–H groups in total. The summed E-state index contributed by atoms with van der Waals surface area (Å²) in [6.07, 6.45) is 4.49. The molecule has 0 fully saturated rings. The Hall–Kier alpha value is -2.82. The van der Waals surface area contributed by atoms with Crippen LogP contribution < -0.4 is 10.6 Å². The summed E-state index contributed by atoms with van der Waals surface area (Å²) >= 11 is 0. The number of nitrogens with zero attached hydrogens (tertiary/aromatic N) is 1. The lowest BCUT2D eigenvalue weighted by Crippen LogP contribution is -2.11. The Kier molecular flexibility index (Phi) is 4.05. The van der Waals surface area contributed by atoms with E-state index in [2.05, 4.69) is 33.6 Å². The Balaban J connectivity index is 1.77. The van der Waals surface area contributed by atoms with Crippen molar-refractivity contribution in [1.82, 2.24) is 15.3 Å². The molecule has 0 atom stereocenters. The van der Waals surface area contributed by atoms with Crippen LogP contribution in [0.5, 0.6) is 0 Å². The van der Waals surface area contributed by atoms with Gasteiger partial charge in [-0.15, -0.1) is 0 Å². The van der Waals surface area contributed by atoms with Crippen LogP contribution in [0.25, 0.3) is 11.0 Å². The average Bonchev–Trinajstić information content (AvgIpc) is 2.96. The third-order valence-corrected chi connectivity index (χ3v) is 3.83. The Labute approximate surface area is 128 Å². The quantitative estimate of drug-likeness (QED) is 0.612. The van der Waals surface area contributed by atoms with Gasteiger partial charge in [0.2, 0.25) is 6.41 Å². The Morgan fingerprint density at radius 3 is 2.95 bits per heavy atom. The van der Waals surface area contributed by atoms with E-state index in [0.717, 1.165) is 40.8 Å². The fourth-order valence-corrected chi connectivity index (χ4v) is 2.57. The largest absolute Gasteiger partial charge is 0.381 e. The summed E-state index contributed by atoms with van der Waals surface area (Å²) in [5, 5.41) is 7.30. The summed E-state index contributed by atoms with van der Waals surface area (Å²) in [6, 6.07) is 10.1. The second-order valence-electron chi connectivity index (χ2n) is 5.16. The second kappa shape index (κ2) is 6.30. The zero-order chi connectivity index (χ0) is 15.4. The molecule has 112 valence electrons. The van der Waals surface area contributed by atoms with Crippen molar-refractivity contribution in [3.63, 3.8) is 0 Å². The van der Waals surface area contributed by atoms with Crippen LogP contribution in [0.2, 0.25) is 0 Å². The van der Waals surface area contributed by atoms with E-state index in [1.807, 2.05) is 30.5 Å². The summed E-state index contributed by atoms with van der Waals surface area (Å²) < 4.78 is 0. The highest BCUT2D eigenvalue weighted by Gasteiger charge is 2.06. The van der Waals surface area contributed by atoms with Crippen molar-refractivity contribution in [2.75, 3.05) is 5.32 Å². The van der Waals surface area contributed by atoms with Crippen molar-refractivity contribution in [1.29, 1.82) is 0 Å². The number of pyridine rings is 1. The lowest BCUT2D eigenvalue weighted by molar-refractivity contribution is -0.109. The summed E-state index contributed by atoms with van der Waals surface area (Å²) in [7, 11) is 0. The van der Waals surface area contributed by atoms with Gasteiger partial charge in [-0.1, -0.05) is 12.1 Å². The predicted molar refractivity (Wildman–Crippen MR) is 87.5 cm³/mol. The molecular formula is C17H18N4O. The summed E-state index contributed by atoms with van der Waals surface area (Å²) in [6.45, 7) is 3.32. The maximum Gasteiger partial charge on any atom is 0.207 e. The number of rotatable bonds is 6.